The van der Waals surface area contributed by atoms with Crippen LogP contribution < -0.4 is 10.6 Å². The first-order valence-corrected chi connectivity index (χ1v) is 7.64. The van der Waals surface area contributed by atoms with E-state index >= 15 is 0 Å². The summed E-state index contributed by atoms with van der Waals surface area (Å²) in [4.78, 5) is 1.27. The molecule has 2 nitrogen and oxygen atoms in total. The van der Waals surface area contributed by atoms with Crippen molar-refractivity contribution in [1.82, 2.24) is 10.6 Å². The number of rotatable bonds is 4. The monoisotopic (exact) mass is 290 g/mol. The minimum absolute atomic E-state index is 0.117. The summed E-state index contributed by atoms with van der Waals surface area (Å²) in [5, 5.41) is 9.08. The first-order valence-electron chi connectivity index (χ1n) is 6.35. The molecule has 0 fully saturated rings. The van der Waals surface area contributed by atoms with E-state index in [9.17, 15) is 0 Å². The topological polar surface area (TPSA) is 24.1 Å². The highest BCUT2D eigenvalue weighted by molar-refractivity contribution is 7.80. The Morgan fingerprint density at radius 2 is 2.00 bits per heavy atom. The average Bonchev–Trinajstić information content (AvgIpc) is 2.98. The van der Waals surface area contributed by atoms with Crippen molar-refractivity contribution in [3.8, 4) is 0 Å². The number of thiocarbonyl (C=S) groups is 1. The van der Waals surface area contributed by atoms with Gasteiger partial charge < -0.3 is 10.6 Å². The van der Waals surface area contributed by atoms with Crippen LogP contribution in [0.15, 0.2) is 41.8 Å². The molecule has 2 N–H and O–H groups in total. The third kappa shape index (κ3) is 3.55. The summed E-state index contributed by atoms with van der Waals surface area (Å²) in [6.45, 7) is 2.17. The molecule has 0 saturated carbocycles. The largest absolute Gasteiger partial charge is 0.366 e. The van der Waals surface area contributed by atoms with Crippen LogP contribution in [0.3, 0.4) is 0 Å². The Morgan fingerprint density at radius 1 is 1.26 bits per heavy atom. The first-order chi connectivity index (χ1) is 9.24. The zero-order valence-corrected chi connectivity index (χ0v) is 12.8. The Labute approximate surface area is 123 Å². The van der Waals surface area contributed by atoms with Gasteiger partial charge in [-0.3, -0.25) is 0 Å². The molecule has 2 rings (SSSR count). The fourth-order valence-electron chi connectivity index (χ4n) is 1.92. The van der Waals surface area contributed by atoms with Gasteiger partial charge in [-0.25, -0.2) is 0 Å². The van der Waals surface area contributed by atoms with E-state index in [2.05, 4.69) is 59.3 Å². The lowest BCUT2D eigenvalue weighted by Crippen LogP contribution is -2.35. The maximum Gasteiger partial charge on any atom is 0.166 e. The lowest BCUT2D eigenvalue weighted by Gasteiger charge is -2.19. The molecule has 19 heavy (non-hydrogen) atoms. The molecule has 0 aliphatic rings. The van der Waals surface area contributed by atoms with Gasteiger partial charge in [-0.2, -0.15) is 0 Å². The van der Waals surface area contributed by atoms with Crippen molar-refractivity contribution < 1.29 is 0 Å². The van der Waals surface area contributed by atoms with Gasteiger partial charge in [-0.1, -0.05) is 37.3 Å². The fourth-order valence-corrected chi connectivity index (χ4v) is 2.84. The average molecular weight is 290 g/mol. The van der Waals surface area contributed by atoms with E-state index in [1.807, 2.05) is 7.05 Å². The van der Waals surface area contributed by atoms with Crippen LogP contribution in [0.25, 0.3) is 0 Å². The van der Waals surface area contributed by atoms with Gasteiger partial charge in [0.1, 0.15) is 0 Å². The molecule has 0 unspecified atom stereocenters. The van der Waals surface area contributed by atoms with Gasteiger partial charge in [0.05, 0.1) is 6.04 Å². The van der Waals surface area contributed by atoms with E-state index in [1.165, 1.54) is 16.0 Å². The third-order valence-corrected chi connectivity index (χ3v) is 4.31. The maximum absolute atomic E-state index is 5.24. The number of hydrogen-bond acceptors (Lipinski definition) is 2. The van der Waals surface area contributed by atoms with E-state index in [0.717, 1.165) is 6.42 Å². The van der Waals surface area contributed by atoms with E-state index in [4.69, 9.17) is 12.2 Å². The minimum Gasteiger partial charge on any atom is -0.366 e. The van der Waals surface area contributed by atoms with Gasteiger partial charge >= 0.3 is 0 Å². The van der Waals surface area contributed by atoms with Crippen LogP contribution in [0.1, 0.15) is 29.0 Å². The number of nitrogens with one attached hydrogen (secondary N) is 2. The highest BCUT2D eigenvalue weighted by Gasteiger charge is 2.15. The Morgan fingerprint density at radius 3 is 2.53 bits per heavy atom. The second-order valence-electron chi connectivity index (χ2n) is 4.27. The smallest absolute Gasteiger partial charge is 0.166 e. The van der Waals surface area contributed by atoms with E-state index in [1.54, 1.807) is 11.3 Å². The molecule has 0 bridgehead atoms. The summed E-state index contributed by atoms with van der Waals surface area (Å²) in [6.07, 6.45) is 1.06. The fraction of sp³-hybridized carbons (Fsp3) is 0.267. The van der Waals surface area contributed by atoms with Gasteiger partial charge in [-0.05, 0) is 41.2 Å². The van der Waals surface area contributed by atoms with Crippen LogP contribution in [0.2, 0.25) is 0 Å². The van der Waals surface area contributed by atoms with Crippen LogP contribution in [-0.2, 0) is 6.42 Å². The maximum atomic E-state index is 5.24. The van der Waals surface area contributed by atoms with Crippen LogP contribution >= 0.6 is 23.6 Å². The molecular formula is C15H18N2S2. The van der Waals surface area contributed by atoms with Crippen molar-refractivity contribution in [1.29, 1.82) is 0 Å². The molecule has 0 saturated heterocycles. The SMILES string of the molecule is CCc1ccc([C@@H](NC(=S)NC)c2cccs2)cc1. The number of aryl methyl sites for hydroxylation is 1. The molecule has 2 aromatic rings. The van der Waals surface area contributed by atoms with Crippen molar-refractivity contribution in [2.75, 3.05) is 7.05 Å². The molecule has 1 aromatic heterocycles. The molecule has 0 aliphatic heterocycles. The van der Waals surface area contributed by atoms with E-state index in [0.29, 0.717) is 5.11 Å². The van der Waals surface area contributed by atoms with Gasteiger partial charge in [0.25, 0.3) is 0 Å². The molecule has 0 aliphatic carbocycles. The van der Waals surface area contributed by atoms with Crippen molar-refractivity contribution >= 4 is 28.7 Å². The molecule has 0 radical (unpaired) electrons. The zero-order valence-electron chi connectivity index (χ0n) is 11.1. The lowest BCUT2D eigenvalue weighted by molar-refractivity contribution is 0.766. The van der Waals surface area contributed by atoms with Gasteiger partial charge in [-0.15, -0.1) is 11.3 Å². The van der Waals surface area contributed by atoms with Gasteiger partial charge in [0, 0.05) is 11.9 Å². The lowest BCUT2D eigenvalue weighted by atomic mass is 10.0. The summed E-state index contributed by atoms with van der Waals surface area (Å²) in [5.41, 5.74) is 2.59. The number of thiophene rings is 1. The second-order valence-corrected chi connectivity index (χ2v) is 5.65. The summed E-state index contributed by atoms with van der Waals surface area (Å²) in [7, 11) is 1.83. The standard InChI is InChI=1S/C15H18N2S2/c1-3-11-6-8-12(9-7-11)14(17-15(18)16-2)13-5-4-10-19-13/h4-10,14H,3H2,1-2H3,(H2,16,17,18)/t14-/m1/s1. The second kappa shape index (κ2) is 6.68. The molecular weight excluding hydrogens is 272 g/mol. The van der Waals surface area contributed by atoms with Gasteiger partial charge in [0.15, 0.2) is 5.11 Å². The van der Waals surface area contributed by atoms with Crippen LogP contribution in [0.5, 0.6) is 0 Å². The molecule has 0 amide bonds. The van der Waals surface area contributed by atoms with Crippen LogP contribution in [0, 0.1) is 0 Å². The normalized spacial score (nSPS) is 11.9. The van der Waals surface area contributed by atoms with Crippen molar-refractivity contribution in [2.45, 2.75) is 19.4 Å². The summed E-state index contributed by atoms with van der Waals surface area (Å²) >= 11 is 6.97. The summed E-state index contributed by atoms with van der Waals surface area (Å²) < 4.78 is 0. The van der Waals surface area contributed by atoms with Crippen LogP contribution in [-0.4, -0.2) is 12.2 Å². The Balaban J connectivity index is 2.28. The third-order valence-electron chi connectivity index (χ3n) is 3.05. The van der Waals surface area contributed by atoms with Crippen molar-refractivity contribution in [3.05, 3.63) is 57.8 Å². The van der Waals surface area contributed by atoms with Crippen molar-refractivity contribution in [3.63, 3.8) is 0 Å². The highest BCUT2D eigenvalue weighted by atomic mass is 32.1. The molecule has 1 atom stereocenters. The summed E-state index contributed by atoms with van der Waals surface area (Å²) in [6, 6.07) is 13.0. The van der Waals surface area contributed by atoms with E-state index in [-0.39, 0.29) is 6.04 Å². The first kappa shape index (κ1) is 14.0. The Kier molecular flexibility index (Phi) is 4.93. The molecule has 0 spiro atoms. The number of hydrogen-bond donors (Lipinski definition) is 2. The Hall–Kier alpha value is -1.39. The van der Waals surface area contributed by atoms with Gasteiger partial charge in [0.2, 0.25) is 0 Å². The predicted molar refractivity (Wildman–Crippen MR) is 86.8 cm³/mol. The highest BCUT2D eigenvalue weighted by Crippen LogP contribution is 2.26. The summed E-state index contributed by atoms with van der Waals surface area (Å²) in [5.74, 6) is 0. The van der Waals surface area contributed by atoms with Crippen LogP contribution in [0.4, 0.5) is 0 Å². The molecule has 1 aromatic carbocycles. The van der Waals surface area contributed by atoms with Crippen molar-refractivity contribution in [2.24, 2.45) is 0 Å². The molecule has 1 heterocycles. The number of benzene rings is 1. The molecule has 100 valence electrons. The molecule has 4 heteroatoms. The zero-order chi connectivity index (χ0) is 13.7. The minimum atomic E-state index is 0.117. The Bertz CT molecular complexity index is 518. The quantitative estimate of drug-likeness (QED) is 0.843. The predicted octanol–water partition coefficient (Wildman–Crippen LogP) is 3.49. The van der Waals surface area contributed by atoms with E-state index < -0.39 is 0 Å².